The normalized spacial score (nSPS) is 23.7. The highest BCUT2D eigenvalue weighted by molar-refractivity contribution is 5.94. The second-order valence-electron chi connectivity index (χ2n) is 5.18. The lowest BCUT2D eigenvalue weighted by atomic mass is 9.91. The first-order valence-electron chi connectivity index (χ1n) is 6.74. The van der Waals surface area contributed by atoms with Crippen LogP contribution in [-0.4, -0.2) is 25.0 Å². The van der Waals surface area contributed by atoms with E-state index in [1.165, 1.54) is 5.56 Å². The number of hydrogen-bond acceptors (Lipinski definition) is 2. The molecule has 18 heavy (non-hydrogen) atoms. The van der Waals surface area contributed by atoms with Crippen molar-refractivity contribution in [3.05, 3.63) is 35.4 Å². The fourth-order valence-corrected chi connectivity index (χ4v) is 2.50. The molecule has 1 aliphatic carbocycles. The summed E-state index contributed by atoms with van der Waals surface area (Å²) in [6.07, 6.45) is 4.44. The maximum Gasteiger partial charge on any atom is 0.251 e. The minimum atomic E-state index is 0.0582. The van der Waals surface area contributed by atoms with Gasteiger partial charge in [0.15, 0.2) is 0 Å². The van der Waals surface area contributed by atoms with Crippen molar-refractivity contribution in [1.29, 1.82) is 0 Å². The SMILES string of the molecule is CNC1CCC(NC(=O)c2ccc(C)cc2)CC1. The van der Waals surface area contributed by atoms with Crippen molar-refractivity contribution in [2.45, 2.75) is 44.7 Å². The van der Waals surface area contributed by atoms with Gasteiger partial charge in [-0.15, -0.1) is 0 Å². The summed E-state index contributed by atoms with van der Waals surface area (Å²) in [5, 5.41) is 6.44. The van der Waals surface area contributed by atoms with Crippen LogP contribution in [0.1, 0.15) is 41.6 Å². The maximum absolute atomic E-state index is 12.0. The number of nitrogens with one attached hydrogen (secondary N) is 2. The minimum Gasteiger partial charge on any atom is -0.349 e. The molecule has 0 aromatic heterocycles. The average Bonchev–Trinajstić information content (AvgIpc) is 2.40. The first kappa shape index (κ1) is 13.1. The van der Waals surface area contributed by atoms with Gasteiger partial charge < -0.3 is 10.6 Å². The van der Waals surface area contributed by atoms with Crippen LogP contribution in [0.5, 0.6) is 0 Å². The molecule has 98 valence electrons. The Morgan fingerprint density at radius 2 is 1.61 bits per heavy atom. The van der Waals surface area contributed by atoms with Crippen molar-refractivity contribution in [3.8, 4) is 0 Å². The summed E-state index contributed by atoms with van der Waals surface area (Å²) in [5.74, 6) is 0.0582. The highest BCUT2D eigenvalue weighted by Gasteiger charge is 2.21. The van der Waals surface area contributed by atoms with Gasteiger partial charge in [-0.1, -0.05) is 17.7 Å². The van der Waals surface area contributed by atoms with Gasteiger partial charge in [0.2, 0.25) is 0 Å². The molecule has 0 saturated heterocycles. The Morgan fingerprint density at radius 1 is 1.06 bits per heavy atom. The van der Waals surface area contributed by atoms with E-state index in [9.17, 15) is 4.79 Å². The molecular weight excluding hydrogens is 224 g/mol. The van der Waals surface area contributed by atoms with Crippen molar-refractivity contribution >= 4 is 5.91 Å². The number of carbonyl (C=O) groups excluding carboxylic acids is 1. The van der Waals surface area contributed by atoms with Crippen molar-refractivity contribution in [2.75, 3.05) is 7.05 Å². The summed E-state index contributed by atoms with van der Waals surface area (Å²) in [7, 11) is 2.01. The minimum absolute atomic E-state index is 0.0582. The van der Waals surface area contributed by atoms with Gasteiger partial charge in [-0.3, -0.25) is 4.79 Å². The summed E-state index contributed by atoms with van der Waals surface area (Å²) in [4.78, 5) is 12.0. The van der Waals surface area contributed by atoms with Crippen LogP contribution in [0.25, 0.3) is 0 Å². The topological polar surface area (TPSA) is 41.1 Å². The van der Waals surface area contributed by atoms with E-state index in [2.05, 4.69) is 10.6 Å². The van der Waals surface area contributed by atoms with Crippen molar-refractivity contribution in [3.63, 3.8) is 0 Å². The molecule has 0 aliphatic heterocycles. The van der Waals surface area contributed by atoms with Crippen molar-refractivity contribution in [2.24, 2.45) is 0 Å². The van der Waals surface area contributed by atoms with Crippen LogP contribution >= 0.6 is 0 Å². The highest BCUT2D eigenvalue weighted by atomic mass is 16.1. The number of aryl methyl sites for hydroxylation is 1. The lowest BCUT2D eigenvalue weighted by Crippen LogP contribution is -2.41. The number of rotatable bonds is 3. The maximum atomic E-state index is 12.0. The van der Waals surface area contributed by atoms with E-state index in [0.29, 0.717) is 12.1 Å². The molecular formula is C15H22N2O. The fraction of sp³-hybridized carbons (Fsp3) is 0.533. The Labute approximate surface area is 109 Å². The molecule has 0 bridgehead atoms. The quantitative estimate of drug-likeness (QED) is 0.859. The highest BCUT2D eigenvalue weighted by Crippen LogP contribution is 2.18. The second kappa shape index (κ2) is 6.01. The molecule has 0 spiro atoms. The van der Waals surface area contributed by atoms with Gasteiger partial charge in [0, 0.05) is 17.6 Å². The molecule has 2 rings (SSSR count). The average molecular weight is 246 g/mol. The van der Waals surface area contributed by atoms with Gasteiger partial charge in [0.05, 0.1) is 0 Å². The van der Waals surface area contributed by atoms with Gasteiger partial charge in [-0.05, 0) is 51.8 Å². The fourth-order valence-electron chi connectivity index (χ4n) is 2.50. The largest absolute Gasteiger partial charge is 0.349 e. The predicted molar refractivity (Wildman–Crippen MR) is 73.7 cm³/mol. The summed E-state index contributed by atoms with van der Waals surface area (Å²) in [6.45, 7) is 2.03. The van der Waals surface area contributed by atoms with Crippen molar-refractivity contribution in [1.82, 2.24) is 10.6 Å². The first-order chi connectivity index (χ1) is 8.69. The molecule has 1 aliphatic rings. The van der Waals surface area contributed by atoms with E-state index in [4.69, 9.17) is 0 Å². The van der Waals surface area contributed by atoms with Gasteiger partial charge >= 0.3 is 0 Å². The third kappa shape index (κ3) is 3.33. The zero-order valence-corrected chi connectivity index (χ0v) is 11.2. The van der Waals surface area contributed by atoms with E-state index in [1.807, 2.05) is 38.2 Å². The van der Waals surface area contributed by atoms with E-state index in [1.54, 1.807) is 0 Å². The Morgan fingerprint density at radius 3 is 2.17 bits per heavy atom. The summed E-state index contributed by atoms with van der Waals surface area (Å²) in [6, 6.07) is 8.70. The molecule has 1 saturated carbocycles. The standard InChI is InChI=1S/C15H22N2O/c1-11-3-5-12(6-4-11)15(18)17-14-9-7-13(16-2)8-10-14/h3-6,13-14,16H,7-10H2,1-2H3,(H,17,18). The van der Waals surface area contributed by atoms with Crippen LogP contribution in [0, 0.1) is 6.92 Å². The Kier molecular flexibility index (Phi) is 4.37. The van der Waals surface area contributed by atoms with Gasteiger partial charge in [0.1, 0.15) is 0 Å². The molecule has 1 fully saturated rings. The van der Waals surface area contributed by atoms with E-state index in [-0.39, 0.29) is 5.91 Å². The van der Waals surface area contributed by atoms with E-state index < -0.39 is 0 Å². The number of hydrogen-bond donors (Lipinski definition) is 2. The molecule has 1 aromatic rings. The summed E-state index contributed by atoms with van der Waals surface area (Å²) in [5.41, 5.74) is 1.94. The number of benzene rings is 1. The molecule has 0 unspecified atom stereocenters. The van der Waals surface area contributed by atoms with Crippen LogP contribution in [-0.2, 0) is 0 Å². The van der Waals surface area contributed by atoms with Crippen molar-refractivity contribution < 1.29 is 4.79 Å². The molecule has 1 amide bonds. The summed E-state index contributed by atoms with van der Waals surface area (Å²) < 4.78 is 0. The lowest BCUT2D eigenvalue weighted by Gasteiger charge is -2.28. The van der Waals surface area contributed by atoms with Gasteiger partial charge in [-0.25, -0.2) is 0 Å². The smallest absolute Gasteiger partial charge is 0.251 e. The van der Waals surface area contributed by atoms with Crippen LogP contribution in [0.2, 0.25) is 0 Å². The van der Waals surface area contributed by atoms with Crippen LogP contribution < -0.4 is 10.6 Å². The molecule has 3 nitrogen and oxygen atoms in total. The van der Waals surface area contributed by atoms with E-state index >= 15 is 0 Å². The zero-order chi connectivity index (χ0) is 13.0. The monoisotopic (exact) mass is 246 g/mol. The Bertz CT molecular complexity index is 391. The van der Waals surface area contributed by atoms with Gasteiger partial charge in [0.25, 0.3) is 5.91 Å². The number of amides is 1. The molecule has 2 N–H and O–H groups in total. The van der Waals surface area contributed by atoms with Gasteiger partial charge in [-0.2, -0.15) is 0 Å². The van der Waals surface area contributed by atoms with Crippen LogP contribution in [0.3, 0.4) is 0 Å². The molecule has 1 aromatic carbocycles. The lowest BCUT2D eigenvalue weighted by molar-refractivity contribution is 0.0924. The predicted octanol–water partition coefficient (Wildman–Crippen LogP) is 2.26. The summed E-state index contributed by atoms with van der Waals surface area (Å²) >= 11 is 0. The number of carbonyl (C=O) groups is 1. The third-order valence-corrected chi connectivity index (χ3v) is 3.78. The van der Waals surface area contributed by atoms with Crippen LogP contribution in [0.15, 0.2) is 24.3 Å². The third-order valence-electron chi connectivity index (χ3n) is 3.78. The Hall–Kier alpha value is -1.35. The first-order valence-corrected chi connectivity index (χ1v) is 6.74. The molecule has 0 atom stereocenters. The molecule has 0 heterocycles. The Balaban J connectivity index is 1.86. The van der Waals surface area contributed by atoms with Crippen LogP contribution in [0.4, 0.5) is 0 Å². The second-order valence-corrected chi connectivity index (χ2v) is 5.18. The molecule has 3 heteroatoms. The van der Waals surface area contributed by atoms with E-state index in [0.717, 1.165) is 31.2 Å². The molecule has 0 radical (unpaired) electrons. The zero-order valence-electron chi connectivity index (χ0n) is 11.2.